The zero-order valence-electron chi connectivity index (χ0n) is 14.7. The van der Waals surface area contributed by atoms with Crippen LogP contribution in [0.1, 0.15) is 15.9 Å². The van der Waals surface area contributed by atoms with Gasteiger partial charge >= 0.3 is 0 Å². The van der Waals surface area contributed by atoms with Crippen LogP contribution in [0.15, 0.2) is 53.3 Å². The number of rotatable bonds is 3. The first kappa shape index (κ1) is 17.6. The molecule has 0 aliphatic carbocycles. The number of H-pyrrole nitrogens is 1. The van der Waals surface area contributed by atoms with Gasteiger partial charge in [-0.25, -0.2) is 0 Å². The minimum Gasteiger partial charge on any atom is -0.378 e. The quantitative estimate of drug-likeness (QED) is 0.708. The molecule has 2 heterocycles. The van der Waals surface area contributed by atoms with Crippen molar-refractivity contribution in [1.82, 2.24) is 14.5 Å². The van der Waals surface area contributed by atoms with Gasteiger partial charge in [0.1, 0.15) is 0 Å². The molecule has 1 amide bonds. The fourth-order valence-corrected chi connectivity index (χ4v) is 3.50. The summed E-state index contributed by atoms with van der Waals surface area (Å²) in [6, 6.07) is 14.8. The van der Waals surface area contributed by atoms with Crippen molar-refractivity contribution in [3.8, 4) is 0 Å². The fraction of sp³-hybridized carbons (Fsp3) is 0.250. The summed E-state index contributed by atoms with van der Waals surface area (Å²) in [5.74, 6) is -0.0621. The van der Waals surface area contributed by atoms with Crippen LogP contribution in [0.3, 0.4) is 0 Å². The van der Waals surface area contributed by atoms with E-state index in [0.717, 1.165) is 5.56 Å². The van der Waals surface area contributed by atoms with Crippen molar-refractivity contribution < 1.29 is 9.53 Å². The van der Waals surface area contributed by atoms with Crippen molar-refractivity contribution in [2.45, 2.75) is 6.54 Å². The average Bonchev–Trinajstić information content (AvgIpc) is 2.71. The van der Waals surface area contributed by atoms with Crippen molar-refractivity contribution in [3.63, 3.8) is 0 Å². The van der Waals surface area contributed by atoms with E-state index in [2.05, 4.69) is 4.98 Å². The lowest BCUT2D eigenvalue weighted by Crippen LogP contribution is -2.40. The highest BCUT2D eigenvalue weighted by atomic mass is 32.1. The van der Waals surface area contributed by atoms with E-state index in [9.17, 15) is 9.59 Å². The summed E-state index contributed by atoms with van der Waals surface area (Å²) in [6.07, 6.45) is 0. The average molecular weight is 381 g/mol. The van der Waals surface area contributed by atoms with E-state index in [0.29, 0.717) is 54.1 Å². The molecule has 0 bridgehead atoms. The number of ether oxygens (including phenoxy) is 1. The Bertz CT molecular complexity index is 1100. The molecule has 138 valence electrons. The monoisotopic (exact) mass is 381 g/mol. The van der Waals surface area contributed by atoms with Gasteiger partial charge in [-0.2, -0.15) is 0 Å². The summed E-state index contributed by atoms with van der Waals surface area (Å²) in [5, 5.41) is 0.512. The van der Waals surface area contributed by atoms with Crippen molar-refractivity contribution in [3.05, 3.63) is 74.8 Å². The Morgan fingerprint density at radius 3 is 2.59 bits per heavy atom. The third-order valence-corrected chi connectivity index (χ3v) is 5.03. The fourth-order valence-electron chi connectivity index (χ4n) is 3.25. The molecule has 1 fully saturated rings. The van der Waals surface area contributed by atoms with Crippen molar-refractivity contribution >= 4 is 29.0 Å². The maximum absolute atomic E-state index is 12.9. The molecule has 1 saturated heterocycles. The molecule has 2 aromatic carbocycles. The van der Waals surface area contributed by atoms with Gasteiger partial charge < -0.3 is 14.6 Å². The largest absolute Gasteiger partial charge is 0.378 e. The number of amides is 1. The number of carbonyl (C=O) groups excluding carboxylic acids is 1. The highest BCUT2D eigenvalue weighted by molar-refractivity contribution is 7.71. The van der Waals surface area contributed by atoms with Crippen molar-refractivity contribution in [2.24, 2.45) is 0 Å². The van der Waals surface area contributed by atoms with E-state index in [1.165, 1.54) is 4.57 Å². The van der Waals surface area contributed by atoms with E-state index < -0.39 is 0 Å². The van der Waals surface area contributed by atoms with E-state index >= 15 is 0 Å². The molecule has 0 atom stereocenters. The minimum absolute atomic E-state index is 0.0621. The Labute approximate surface area is 161 Å². The molecular weight excluding hydrogens is 362 g/mol. The maximum Gasteiger partial charge on any atom is 0.262 e. The molecule has 0 radical (unpaired) electrons. The van der Waals surface area contributed by atoms with Crippen LogP contribution < -0.4 is 5.56 Å². The molecule has 1 aromatic heterocycles. The van der Waals surface area contributed by atoms with Gasteiger partial charge in [0.15, 0.2) is 4.77 Å². The van der Waals surface area contributed by atoms with Crippen LogP contribution in [0.25, 0.3) is 10.9 Å². The number of hydrogen-bond acceptors (Lipinski definition) is 4. The van der Waals surface area contributed by atoms with Crippen LogP contribution >= 0.6 is 12.2 Å². The number of aromatic amines is 1. The number of carbonyl (C=O) groups is 1. The molecule has 4 rings (SSSR count). The van der Waals surface area contributed by atoms with E-state index in [4.69, 9.17) is 17.0 Å². The molecular formula is C20H19N3O3S. The predicted octanol–water partition coefficient (Wildman–Crippen LogP) is 2.58. The van der Waals surface area contributed by atoms with Gasteiger partial charge in [0.25, 0.3) is 11.5 Å². The molecule has 0 spiro atoms. The van der Waals surface area contributed by atoms with Gasteiger partial charge in [-0.3, -0.25) is 14.2 Å². The van der Waals surface area contributed by atoms with Crippen LogP contribution in [-0.2, 0) is 11.3 Å². The van der Waals surface area contributed by atoms with Gasteiger partial charge in [0.2, 0.25) is 0 Å². The highest BCUT2D eigenvalue weighted by Crippen LogP contribution is 2.14. The Morgan fingerprint density at radius 1 is 1.11 bits per heavy atom. The molecule has 27 heavy (non-hydrogen) atoms. The van der Waals surface area contributed by atoms with E-state index in [-0.39, 0.29) is 11.5 Å². The third kappa shape index (κ3) is 3.56. The van der Waals surface area contributed by atoms with Crippen molar-refractivity contribution in [1.29, 1.82) is 0 Å². The second-order valence-electron chi connectivity index (χ2n) is 6.47. The zero-order valence-corrected chi connectivity index (χ0v) is 15.5. The topological polar surface area (TPSA) is 67.3 Å². The first-order valence-corrected chi connectivity index (χ1v) is 9.22. The SMILES string of the molecule is O=C(c1ccc2c(=O)n(Cc3ccccc3)c(=S)[nH]c2c1)N1CCOCC1. The van der Waals surface area contributed by atoms with Gasteiger partial charge in [0, 0.05) is 18.7 Å². The summed E-state index contributed by atoms with van der Waals surface area (Å²) in [6.45, 7) is 2.65. The van der Waals surface area contributed by atoms with Crippen LogP contribution in [0, 0.1) is 4.77 Å². The molecule has 7 heteroatoms. The Hall–Kier alpha value is -2.77. The normalized spacial score (nSPS) is 14.4. The number of aromatic nitrogens is 2. The molecule has 1 aliphatic rings. The Morgan fingerprint density at radius 2 is 1.85 bits per heavy atom. The van der Waals surface area contributed by atoms with Crippen LogP contribution in [0.2, 0.25) is 0 Å². The standard InChI is InChI=1S/C20H19N3O3S/c24-18(22-8-10-26-11-9-22)15-6-7-16-17(12-15)21-20(27)23(19(16)25)13-14-4-2-1-3-5-14/h1-7,12H,8-11,13H2,(H,21,27). The Balaban J connectivity index is 1.71. The lowest BCUT2D eigenvalue weighted by Gasteiger charge is -2.26. The Kier molecular flexibility index (Phi) is 4.87. The first-order chi connectivity index (χ1) is 13.1. The second kappa shape index (κ2) is 7.46. The van der Waals surface area contributed by atoms with Crippen LogP contribution in [0.5, 0.6) is 0 Å². The molecule has 0 unspecified atom stereocenters. The lowest BCUT2D eigenvalue weighted by molar-refractivity contribution is 0.0303. The second-order valence-corrected chi connectivity index (χ2v) is 6.86. The first-order valence-electron chi connectivity index (χ1n) is 8.81. The number of nitrogens with zero attached hydrogens (tertiary/aromatic N) is 2. The van der Waals surface area contributed by atoms with Crippen LogP contribution in [-0.4, -0.2) is 46.7 Å². The summed E-state index contributed by atoms with van der Waals surface area (Å²) < 4.78 is 7.17. The number of hydrogen-bond donors (Lipinski definition) is 1. The van der Waals surface area contributed by atoms with Crippen LogP contribution in [0.4, 0.5) is 0 Å². The number of nitrogens with one attached hydrogen (secondary N) is 1. The summed E-state index contributed by atoms with van der Waals surface area (Å²) in [7, 11) is 0. The smallest absolute Gasteiger partial charge is 0.262 e. The van der Waals surface area contributed by atoms with Gasteiger partial charge in [0.05, 0.1) is 30.7 Å². The lowest BCUT2D eigenvalue weighted by atomic mass is 10.1. The summed E-state index contributed by atoms with van der Waals surface area (Å²) >= 11 is 5.40. The van der Waals surface area contributed by atoms with Crippen molar-refractivity contribution in [2.75, 3.05) is 26.3 Å². The molecule has 0 saturated carbocycles. The number of morpholine rings is 1. The highest BCUT2D eigenvalue weighted by Gasteiger charge is 2.19. The molecule has 3 aromatic rings. The molecule has 1 N–H and O–H groups in total. The van der Waals surface area contributed by atoms with Gasteiger partial charge in [-0.05, 0) is 36.0 Å². The number of benzene rings is 2. The summed E-state index contributed by atoms with van der Waals surface area (Å²) in [5.41, 5.74) is 1.95. The number of fused-ring (bicyclic) bond motifs is 1. The van der Waals surface area contributed by atoms with Gasteiger partial charge in [-0.15, -0.1) is 0 Å². The summed E-state index contributed by atoms with van der Waals surface area (Å²) in [4.78, 5) is 30.4. The molecule has 6 nitrogen and oxygen atoms in total. The zero-order chi connectivity index (χ0) is 18.8. The predicted molar refractivity (Wildman–Crippen MR) is 106 cm³/mol. The molecule has 1 aliphatic heterocycles. The minimum atomic E-state index is -0.164. The van der Waals surface area contributed by atoms with E-state index in [1.807, 2.05) is 30.3 Å². The maximum atomic E-state index is 12.9. The third-order valence-electron chi connectivity index (χ3n) is 4.71. The van der Waals surface area contributed by atoms with Gasteiger partial charge in [-0.1, -0.05) is 30.3 Å². The van der Waals surface area contributed by atoms with E-state index in [1.54, 1.807) is 23.1 Å².